The van der Waals surface area contributed by atoms with Crippen LogP contribution in [0, 0.1) is 27.8 Å². The zero-order valence-electron chi connectivity index (χ0n) is 10.1. The van der Waals surface area contributed by atoms with Crippen LogP contribution in [0.4, 0.5) is 24.5 Å². The molecule has 0 radical (unpaired) electrons. The summed E-state index contributed by atoms with van der Waals surface area (Å²) in [6.07, 6.45) is 0. The van der Waals surface area contributed by atoms with Gasteiger partial charge in [-0.25, -0.2) is 4.39 Å². The molecule has 0 atom stereocenters. The fourth-order valence-electron chi connectivity index (χ4n) is 1.54. The molecule has 0 aliphatic rings. The summed E-state index contributed by atoms with van der Waals surface area (Å²) >= 11 is 0. The number of nitro groups is 1. The highest BCUT2D eigenvalue weighted by atomic mass is 19.1. The Kier molecular flexibility index (Phi) is 3.83. The van der Waals surface area contributed by atoms with E-state index in [1.807, 2.05) is 5.32 Å². The molecule has 0 saturated carbocycles. The number of nitrogens with zero attached hydrogens (tertiary/aromatic N) is 2. The number of hydrogen-bond donors (Lipinski definition) is 1. The third-order valence-electron chi connectivity index (χ3n) is 2.46. The van der Waals surface area contributed by atoms with E-state index in [2.05, 4.69) is 4.98 Å². The van der Waals surface area contributed by atoms with E-state index in [1.54, 1.807) is 0 Å². The lowest BCUT2D eigenvalue weighted by Gasteiger charge is -2.06. The predicted octanol–water partition coefficient (Wildman–Crippen LogP) is 2.66. The molecule has 21 heavy (non-hydrogen) atoms. The summed E-state index contributed by atoms with van der Waals surface area (Å²) in [6, 6.07) is 3.94. The van der Waals surface area contributed by atoms with Gasteiger partial charge in [0.15, 0.2) is 0 Å². The van der Waals surface area contributed by atoms with Gasteiger partial charge in [-0.05, 0) is 24.3 Å². The van der Waals surface area contributed by atoms with Crippen LogP contribution in [-0.2, 0) is 0 Å². The monoisotopic (exact) mass is 297 g/mol. The Labute approximate surface area is 115 Å². The third-order valence-corrected chi connectivity index (χ3v) is 2.46. The van der Waals surface area contributed by atoms with Crippen molar-refractivity contribution in [1.82, 2.24) is 4.98 Å². The first-order chi connectivity index (χ1) is 9.88. The zero-order valence-corrected chi connectivity index (χ0v) is 10.1. The Bertz CT molecular complexity index is 737. The minimum Gasteiger partial charge on any atom is -0.318 e. The summed E-state index contributed by atoms with van der Waals surface area (Å²) in [6.45, 7) is 0. The fraction of sp³-hybridized carbons (Fsp3) is 0. The summed E-state index contributed by atoms with van der Waals surface area (Å²) in [5, 5.41) is 12.7. The lowest BCUT2D eigenvalue weighted by Crippen LogP contribution is -2.15. The third kappa shape index (κ3) is 3.14. The lowest BCUT2D eigenvalue weighted by atomic mass is 10.1. The minimum atomic E-state index is -1.30. The molecule has 1 amide bonds. The van der Waals surface area contributed by atoms with Crippen LogP contribution in [0.15, 0.2) is 30.3 Å². The highest BCUT2D eigenvalue weighted by Crippen LogP contribution is 2.21. The van der Waals surface area contributed by atoms with Gasteiger partial charge in [0, 0.05) is 6.07 Å². The largest absolute Gasteiger partial charge is 0.318 e. The van der Waals surface area contributed by atoms with E-state index in [0.717, 1.165) is 24.3 Å². The first-order valence-electron chi connectivity index (χ1n) is 5.46. The Hall–Kier alpha value is -2.97. The van der Waals surface area contributed by atoms with Crippen LogP contribution in [0.2, 0.25) is 0 Å². The molecular weight excluding hydrogens is 291 g/mol. The van der Waals surface area contributed by atoms with Gasteiger partial charge in [0.1, 0.15) is 11.4 Å². The molecule has 0 spiro atoms. The summed E-state index contributed by atoms with van der Waals surface area (Å²) in [5.41, 5.74) is -1.73. The van der Waals surface area contributed by atoms with Crippen molar-refractivity contribution in [2.24, 2.45) is 0 Å². The molecular formula is C12H6F3N3O3. The molecule has 0 aliphatic heterocycles. The zero-order chi connectivity index (χ0) is 15.6. The summed E-state index contributed by atoms with van der Waals surface area (Å²) in [7, 11) is 0. The molecule has 1 N–H and O–H groups in total. The van der Waals surface area contributed by atoms with Crippen molar-refractivity contribution in [1.29, 1.82) is 0 Å². The normalized spacial score (nSPS) is 10.2. The van der Waals surface area contributed by atoms with Gasteiger partial charge in [-0.1, -0.05) is 0 Å². The van der Waals surface area contributed by atoms with Crippen LogP contribution in [-0.4, -0.2) is 15.8 Å². The average molecular weight is 297 g/mol. The number of nitro benzene ring substituents is 1. The van der Waals surface area contributed by atoms with Crippen molar-refractivity contribution in [2.75, 3.05) is 5.32 Å². The van der Waals surface area contributed by atoms with Crippen LogP contribution >= 0.6 is 0 Å². The fourth-order valence-corrected chi connectivity index (χ4v) is 1.54. The smallest absolute Gasteiger partial charge is 0.282 e. The van der Waals surface area contributed by atoms with Crippen molar-refractivity contribution < 1.29 is 22.9 Å². The molecule has 0 saturated heterocycles. The Balaban J connectivity index is 2.36. The molecule has 0 fully saturated rings. The average Bonchev–Trinajstić information content (AvgIpc) is 2.41. The molecule has 2 rings (SSSR count). The van der Waals surface area contributed by atoms with E-state index in [4.69, 9.17) is 0 Å². The van der Waals surface area contributed by atoms with E-state index in [1.165, 1.54) is 0 Å². The summed E-state index contributed by atoms with van der Waals surface area (Å²) in [5.74, 6) is -4.39. The van der Waals surface area contributed by atoms with E-state index in [-0.39, 0.29) is 0 Å². The Morgan fingerprint density at radius 1 is 1.19 bits per heavy atom. The topological polar surface area (TPSA) is 85.1 Å². The molecule has 108 valence electrons. The molecule has 2 aromatic rings. The SMILES string of the molecule is O=C(Nc1ccc(F)nc1F)c1cc(F)ccc1[N+](=O)[O-]. The molecule has 6 nitrogen and oxygen atoms in total. The summed E-state index contributed by atoms with van der Waals surface area (Å²) in [4.78, 5) is 24.6. The second kappa shape index (κ2) is 5.57. The first-order valence-corrected chi connectivity index (χ1v) is 5.46. The van der Waals surface area contributed by atoms with Gasteiger partial charge in [0.05, 0.1) is 10.6 Å². The van der Waals surface area contributed by atoms with Gasteiger partial charge in [-0.2, -0.15) is 13.8 Å². The maximum atomic E-state index is 13.3. The number of pyridine rings is 1. The van der Waals surface area contributed by atoms with Crippen molar-refractivity contribution in [3.05, 3.63) is 63.7 Å². The molecule has 0 aliphatic carbocycles. The van der Waals surface area contributed by atoms with Crippen LogP contribution in [0.5, 0.6) is 0 Å². The minimum absolute atomic E-state index is 0.486. The summed E-state index contributed by atoms with van der Waals surface area (Å²) < 4.78 is 39.0. The van der Waals surface area contributed by atoms with Gasteiger partial charge in [-0.3, -0.25) is 14.9 Å². The van der Waals surface area contributed by atoms with Crippen molar-refractivity contribution in [2.45, 2.75) is 0 Å². The molecule has 9 heteroatoms. The van der Waals surface area contributed by atoms with Gasteiger partial charge < -0.3 is 5.32 Å². The van der Waals surface area contributed by atoms with E-state index in [0.29, 0.717) is 6.07 Å². The van der Waals surface area contributed by atoms with Crippen molar-refractivity contribution >= 4 is 17.3 Å². The standard InChI is InChI=1S/C12H6F3N3O3/c13-6-1-3-9(18(20)21)7(5-6)12(19)16-8-2-4-10(14)17-11(8)15/h1-5H,(H,16,19). The second-order valence-corrected chi connectivity index (χ2v) is 3.85. The number of benzene rings is 1. The highest BCUT2D eigenvalue weighted by molar-refractivity contribution is 6.07. The second-order valence-electron chi connectivity index (χ2n) is 3.85. The van der Waals surface area contributed by atoms with Gasteiger partial charge in [-0.15, -0.1) is 0 Å². The molecule has 1 aromatic carbocycles. The van der Waals surface area contributed by atoms with Crippen LogP contribution in [0.1, 0.15) is 10.4 Å². The van der Waals surface area contributed by atoms with Crippen LogP contribution < -0.4 is 5.32 Å². The number of carbonyl (C=O) groups is 1. The number of aromatic nitrogens is 1. The van der Waals surface area contributed by atoms with Gasteiger partial charge in [0.25, 0.3) is 11.6 Å². The van der Waals surface area contributed by atoms with E-state index < -0.39 is 45.5 Å². The number of nitrogens with one attached hydrogen (secondary N) is 1. The van der Waals surface area contributed by atoms with Crippen molar-refractivity contribution in [3.63, 3.8) is 0 Å². The number of amides is 1. The molecule has 0 bridgehead atoms. The predicted molar refractivity (Wildman–Crippen MR) is 65.2 cm³/mol. The number of halogens is 3. The number of carbonyl (C=O) groups excluding carboxylic acids is 1. The first kappa shape index (κ1) is 14.4. The Morgan fingerprint density at radius 3 is 2.52 bits per heavy atom. The number of anilines is 1. The van der Waals surface area contributed by atoms with E-state index in [9.17, 15) is 28.1 Å². The van der Waals surface area contributed by atoms with Gasteiger partial charge >= 0.3 is 0 Å². The van der Waals surface area contributed by atoms with E-state index >= 15 is 0 Å². The number of hydrogen-bond acceptors (Lipinski definition) is 4. The maximum absolute atomic E-state index is 13.3. The maximum Gasteiger partial charge on any atom is 0.282 e. The van der Waals surface area contributed by atoms with Crippen molar-refractivity contribution in [3.8, 4) is 0 Å². The quantitative estimate of drug-likeness (QED) is 0.536. The van der Waals surface area contributed by atoms with Crippen LogP contribution in [0.25, 0.3) is 0 Å². The molecule has 1 heterocycles. The van der Waals surface area contributed by atoms with Crippen LogP contribution in [0.3, 0.4) is 0 Å². The molecule has 1 aromatic heterocycles. The van der Waals surface area contributed by atoms with Gasteiger partial charge in [0.2, 0.25) is 11.9 Å². The lowest BCUT2D eigenvalue weighted by molar-refractivity contribution is -0.385. The molecule has 0 unspecified atom stereocenters. The number of rotatable bonds is 3. The highest BCUT2D eigenvalue weighted by Gasteiger charge is 2.22. The Morgan fingerprint density at radius 2 is 1.90 bits per heavy atom.